The number of hydrogen-bond acceptors (Lipinski definition) is 5. The van der Waals surface area contributed by atoms with Gasteiger partial charge in [-0.05, 0) is 61.7 Å². The molecule has 2 heterocycles. The molecule has 36 heavy (non-hydrogen) atoms. The van der Waals surface area contributed by atoms with Crippen molar-refractivity contribution < 1.29 is 23.9 Å². The first-order valence-electron chi connectivity index (χ1n) is 12.1. The van der Waals surface area contributed by atoms with Gasteiger partial charge in [-0.1, -0.05) is 35.9 Å². The van der Waals surface area contributed by atoms with Crippen molar-refractivity contribution in [1.29, 1.82) is 0 Å². The van der Waals surface area contributed by atoms with Crippen LogP contribution in [0.1, 0.15) is 42.0 Å². The average Bonchev–Trinajstić information content (AvgIpc) is 2.89. The largest absolute Gasteiger partial charge is 0.496 e. The van der Waals surface area contributed by atoms with Gasteiger partial charge in [-0.3, -0.25) is 14.4 Å². The number of aryl methyl sites for hydroxylation is 2. The first kappa shape index (κ1) is 23.6. The van der Waals surface area contributed by atoms with Gasteiger partial charge in [0.05, 0.1) is 19.1 Å². The average molecular weight is 485 g/mol. The quantitative estimate of drug-likeness (QED) is 0.408. The molecular weight excluding hydrogens is 456 g/mol. The Balaban J connectivity index is 1.51. The molecule has 0 bridgehead atoms. The second-order valence-electron chi connectivity index (χ2n) is 9.22. The number of rotatable bonds is 5. The van der Waals surface area contributed by atoms with Gasteiger partial charge in [-0.2, -0.15) is 0 Å². The molecule has 0 aromatic heterocycles. The van der Waals surface area contributed by atoms with Gasteiger partial charge < -0.3 is 19.7 Å². The number of ether oxygens (including phenoxy) is 2. The minimum atomic E-state index is -0.601. The Morgan fingerprint density at radius 2 is 1.75 bits per heavy atom. The van der Waals surface area contributed by atoms with Crippen LogP contribution in [0.15, 0.2) is 66.7 Å². The number of benzene rings is 3. The van der Waals surface area contributed by atoms with E-state index in [1.807, 2.05) is 55.5 Å². The van der Waals surface area contributed by atoms with Crippen molar-refractivity contribution in [2.24, 2.45) is 5.92 Å². The Morgan fingerprint density at radius 1 is 0.972 bits per heavy atom. The van der Waals surface area contributed by atoms with E-state index in [0.717, 1.165) is 28.1 Å². The number of amides is 2. The van der Waals surface area contributed by atoms with Crippen LogP contribution in [0.25, 0.3) is 0 Å². The summed E-state index contributed by atoms with van der Waals surface area (Å²) in [5.74, 6) is -0.0475. The van der Waals surface area contributed by atoms with Crippen LogP contribution in [0.2, 0.25) is 0 Å². The lowest BCUT2D eigenvalue weighted by molar-refractivity contribution is -0.141. The van der Waals surface area contributed by atoms with E-state index in [1.165, 1.54) is 0 Å². The first-order valence-corrected chi connectivity index (χ1v) is 12.1. The number of methoxy groups -OCH3 is 1. The molecule has 2 aliphatic heterocycles. The summed E-state index contributed by atoms with van der Waals surface area (Å²) in [6.07, 6.45) is 1.59. The molecular formula is C29H28N2O5. The van der Waals surface area contributed by atoms with Crippen molar-refractivity contribution in [2.45, 2.75) is 38.6 Å². The summed E-state index contributed by atoms with van der Waals surface area (Å²) in [6, 6.07) is 19.8. The second kappa shape index (κ2) is 9.85. The summed E-state index contributed by atoms with van der Waals surface area (Å²) in [5, 5.41) is 2.84. The molecule has 3 aromatic rings. The third-order valence-corrected chi connectivity index (χ3v) is 6.86. The number of hydrogen-bond donors (Lipinski definition) is 1. The molecule has 2 atom stereocenters. The number of piperidine rings is 1. The van der Waals surface area contributed by atoms with Gasteiger partial charge in [-0.25, -0.2) is 0 Å². The molecule has 7 heteroatoms. The van der Waals surface area contributed by atoms with Gasteiger partial charge >= 0.3 is 5.97 Å². The van der Waals surface area contributed by atoms with Crippen molar-refractivity contribution >= 4 is 29.2 Å². The molecule has 3 aromatic carbocycles. The molecule has 0 saturated carbocycles. The Bertz CT molecular complexity index is 1320. The molecule has 1 fully saturated rings. The van der Waals surface area contributed by atoms with E-state index < -0.39 is 17.9 Å². The monoisotopic (exact) mass is 484 g/mol. The smallest absolute Gasteiger partial charge is 0.316 e. The van der Waals surface area contributed by atoms with Gasteiger partial charge in [0.25, 0.3) is 0 Å². The predicted molar refractivity (Wildman–Crippen MR) is 136 cm³/mol. The number of para-hydroxylation sites is 1. The third-order valence-electron chi connectivity index (χ3n) is 6.86. The van der Waals surface area contributed by atoms with E-state index in [2.05, 4.69) is 5.32 Å². The number of carbonyl (C=O) groups excluding carboxylic acids is 3. The SMILES string of the molecule is COc1ccccc1C1C(C(=O)Oc2ccc3c(c2)CCC(=O)N3)CCC(=O)N1c1ccc(C)cc1. The first-order chi connectivity index (χ1) is 17.4. The van der Waals surface area contributed by atoms with E-state index in [4.69, 9.17) is 9.47 Å². The number of esters is 1. The number of anilines is 2. The molecule has 2 amide bonds. The fourth-order valence-electron chi connectivity index (χ4n) is 5.03. The predicted octanol–water partition coefficient (Wildman–Crippen LogP) is 4.98. The molecule has 1 N–H and O–H groups in total. The standard InChI is InChI=1S/C29H28N2O5/c1-18-7-10-20(11-8-18)31-27(33)16-13-23(28(31)22-5-3-4-6-25(22)35-2)29(34)36-21-12-14-24-19(17-21)9-15-26(32)30-24/h3-8,10-12,14,17,23,28H,9,13,15-16H2,1-2H3,(H,30,32). The Kier molecular flexibility index (Phi) is 6.46. The number of nitrogens with zero attached hydrogens (tertiary/aromatic N) is 1. The Hall–Kier alpha value is -4.13. The van der Waals surface area contributed by atoms with Crippen LogP contribution in [0, 0.1) is 12.8 Å². The summed E-state index contributed by atoms with van der Waals surface area (Å²) in [6.45, 7) is 1.99. The highest BCUT2D eigenvalue weighted by molar-refractivity contribution is 5.97. The van der Waals surface area contributed by atoms with E-state index in [0.29, 0.717) is 30.8 Å². The van der Waals surface area contributed by atoms with E-state index in [9.17, 15) is 14.4 Å². The lowest BCUT2D eigenvalue weighted by Crippen LogP contribution is -2.46. The lowest BCUT2D eigenvalue weighted by Gasteiger charge is -2.40. The fraction of sp³-hybridized carbons (Fsp3) is 0.276. The van der Waals surface area contributed by atoms with Crippen molar-refractivity contribution in [2.75, 3.05) is 17.3 Å². The van der Waals surface area contributed by atoms with Crippen molar-refractivity contribution in [3.05, 3.63) is 83.4 Å². The number of nitrogens with one attached hydrogen (secondary N) is 1. The summed E-state index contributed by atoms with van der Waals surface area (Å²) >= 11 is 0. The minimum Gasteiger partial charge on any atom is -0.496 e. The van der Waals surface area contributed by atoms with Crippen LogP contribution in [0.5, 0.6) is 11.5 Å². The molecule has 184 valence electrons. The Morgan fingerprint density at radius 3 is 2.53 bits per heavy atom. The van der Waals surface area contributed by atoms with Crippen LogP contribution in [0.3, 0.4) is 0 Å². The molecule has 7 nitrogen and oxygen atoms in total. The summed E-state index contributed by atoms with van der Waals surface area (Å²) in [4.78, 5) is 40.3. The van der Waals surface area contributed by atoms with E-state index >= 15 is 0 Å². The number of carbonyl (C=O) groups is 3. The van der Waals surface area contributed by atoms with Crippen molar-refractivity contribution in [3.8, 4) is 11.5 Å². The Labute approximate surface area is 210 Å². The van der Waals surface area contributed by atoms with Crippen LogP contribution in [0.4, 0.5) is 11.4 Å². The van der Waals surface area contributed by atoms with Gasteiger partial charge in [-0.15, -0.1) is 0 Å². The van der Waals surface area contributed by atoms with Gasteiger partial charge in [0.2, 0.25) is 11.8 Å². The van der Waals surface area contributed by atoms with Crippen molar-refractivity contribution in [1.82, 2.24) is 0 Å². The highest BCUT2D eigenvalue weighted by Gasteiger charge is 2.43. The van der Waals surface area contributed by atoms with Gasteiger partial charge in [0.15, 0.2) is 0 Å². The zero-order valence-corrected chi connectivity index (χ0v) is 20.3. The summed E-state index contributed by atoms with van der Waals surface area (Å²) in [7, 11) is 1.58. The molecule has 5 rings (SSSR count). The molecule has 1 saturated heterocycles. The zero-order chi connectivity index (χ0) is 25.2. The third kappa shape index (κ3) is 4.56. The number of fused-ring (bicyclic) bond motifs is 1. The fourth-order valence-corrected chi connectivity index (χ4v) is 5.03. The summed E-state index contributed by atoms with van der Waals surface area (Å²) < 4.78 is 11.5. The highest BCUT2D eigenvalue weighted by atomic mass is 16.5. The maximum Gasteiger partial charge on any atom is 0.316 e. The molecule has 0 aliphatic carbocycles. The highest BCUT2D eigenvalue weighted by Crippen LogP contribution is 2.43. The van der Waals surface area contributed by atoms with E-state index in [1.54, 1.807) is 30.2 Å². The maximum atomic E-state index is 13.6. The zero-order valence-electron chi connectivity index (χ0n) is 20.3. The van der Waals surface area contributed by atoms with Crippen molar-refractivity contribution in [3.63, 3.8) is 0 Å². The summed E-state index contributed by atoms with van der Waals surface area (Å²) in [5.41, 5.74) is 4.23. The minimum absolute atomic E-state index is 0.0186. The normalized spacial score (nSPS) is 19.3. The molecule has 2 unspecified atom stereocenters. The van der Waals surface area contributed by atoms with E-state index in [-0.39, 0.29) is 18.2 Å². The van der Waals surface area contributed by atoms with Crippen LogP contribution < -0.4 is 19.7 Å². The van der Waals surface area contributed by atoms with Crippen LogP contribution in [-0.4, -0.2) is 24.9 Å². The van der Waals surface area contributed by atoms with Gasteiger partial charge in [0, 0.05) is 29.8 Å². The topological polar surface area (TPSA) is 84.9 Å². The van der Waals surface area contributed by atoms with Crippen LogP contribution in [-0.2, 0) is 20.8 Å². The lowest BCUT2D eigenvalue weighted by atomic mass is 9.83. The second-order valence-corrected chi connectivity index (χ2v) is 9.22. The van der Waals surface area contributed by atoms with Gasteiger partial charge in [0.1, 0.15) is 11.5 Å². The molecule has 0 spiro atoms. The van der Waals surface area contributed by atoms with Crippen LogP contribution >= 0.6 is 0 Å². The maximum absolute atomic E-state index is 13.6. The molecule has 0 radical (unpaired) electrons. The molecule has 2 aliphatic rings.